The fourth-order valence-corrected chi connectivity index (χ4v) is 3.26. The third kappa shape index (κ3) is 4.90. The summed E-state index contributed by atoms with van der Waals surface area (Å²) in [5.41, 5.74) is 1.48. The molecule has 4 nitrogen and oxygen atoms in total. The summed E-state index contributed by atoms with van der Waals surface area (Å²) >= 11 is 0.475. The predicted octanol–water partition coefficient (Wildman–Crippen LogP) is 3.60. The van der Waals surface area contributed by atoms with Crippen LogP contribution in [0.1, 0.15) is 22.0 Å². The Balaban J connectivity index is 0.00000225. The van der Waals surface area contributed by atoms with Crippen LogP contribution in [0.25, 0.3) is 0 Å². The smallest absolute Gasteiger partial charge is 0.288 e. The van der Waals surface area contributed by atoms with Crippen molar-refractivity contribution in [3.05, 3.63) is 59.9 Å². The summed E-state index contributed by atoms with van der Waals surface area (Å²) in [5.74, 6) is -2.56. The molecule has 134 valence electrons. The minimum atomic E-state index is -2.46. The van der Waals surface area contributed by atoms with Crippen LogP contribution < -0.4 is 5.32 Å². The zero-order valence-corrected chi connectivity index (χ0v) is 14.9. The largest absolute Gasteiger partial charge is 0.329 e. The highest BCUT2D eigenvalue weighted by molar-refractivity contribution is 7.99. The molecular weight excluding hydrogens is 368 g/mol. The second kappa shape index (κ2) is 9.12. The van der Waals surface area contributed by atoms with Crippen molar-refractivity contribution < 1.29 is 13.6 Å². The Kier molecular flexibility index (Phi) is 7.16. The van der Waals surface area contributed by atoms with Crippen LogP contribution in [0, 0.1) is 0 Å². The molecule has 8 heteroatoms. The standard InChI is InChI=1S/C17H17F2N3OS.ClH/c18-17(19)24-14-5-3-12(4-6-14)16(23)22-9-8-21-11-15(22)13-2-1-7-20-10-13;/h1-7,10,15,17,21H,8-9,11H2;1H. The molecule has 1 aromatic carbocycles. The quantitative estimate of drug-likeness (QED) is 0.817. The van der Waals surface area contributed by atoms with Crippen LogP contribution in [-0.4, -0.2) is 41.2 Å². The number of pyridine rings is 1. The molecule has 2 heterocycles. The average molecular weight is 386 g/mol. The van der Waals surface area contributed by atoms with Gasteiger partial charge in [0, 0.05) is 42.5 Å². The number of aromatic nitrogens is 1. The van der Waals surface area contributed by atoms with Crippen LogP contribution in [0.4, 0.5) is 8.78 Å². The van der Waals surface area contributed by atoms with Gasteiger partial charge in [-0.1, -0.05) is 17.8 Å². The van der Waals surface area contributed by atoms with Crippen molar-refractivity contribution in [3.8, 4) is 0 Å². The van der Waals surface area contributed by atoms with Crippen molar-refractivity contribution in [2.24, 2.45) is 0 Å². The van der Waals surface area contributed by atoms with E-state index in [0.29, 0.717) is 35.3 Å². The SMILES string of the molecule is Cl.O=C(c1ccc(SC(F)F)cc1)N1CCNCC1c1cccnc1. The van der Waals surface area contributed by atoms with Crippen molar-refractivity contribution in [3.63, 3.8) is 0 Å². The summed E-state index contributed by atoms with van der Waals surface area (Å²) in [5, 5.41) is 3.29. The van der Waals surface area contributed by atoms with E-state index >= 15 is 0 Å². The minimum Gasteiger partial charge on any atom is -0.329 e. The van der Waals surface area contributed by atoms with Crippen molar-refractivity contribution >= 4 is 30.1 Å². The molecule has 1 aliphatic rings. The number of carbonyl (C=O) groups is 1. The predicted molar refractivity (Wildman–Crippen MR) is 96.4 cm³/mol. The number of nitrogens with zero attached hydrogens (tertiary/aromatic N) is 2. The van der Waals surface area contributed by atoms with Gasteiger partial charge in [0.2, 0.25) is 0 Å². The first kappa shape index (κ1) is 19.6. The molecule has 1 unspecified atom stereocenters. The summed E-state index contributed by atoms with van der Waals surface area (Å²) in [4.78, 5) is 19.2. The maximum atomic E-state index is 12.8. The molecule has 1 saturated heterocycles. The molecule has 3 rings (SSSR count). The Morgan fingerprint density at radius 1 is 1.28 bits per heavy atom. The molecule has 1 fully saturated rings. The second-order valence-electron chi connectivity index (χ2n) is 5.41. The monoisotopic (exact) mass is 385 g/mol. The summed E-state index contributed by atoms with van der Waals surface area (Å²) in [6, 6.07) is 10.0. The molecule has 1 atom stereocenters. The van der Waals surface area contributed by atoms with Gasteiger partial charge >= 0.3 is 0 Å². The van der Waals surface area contributed by atoms with E-state index in [1.54, 1.807) is 36.7 Å². The van der Waals surface area contributed by atoms with Gasteiger partial charge in [-0.05, 0) is 35.9 Å². The van der Waals surface area contributed by atoms with Gasteiger partial charge in [0.15, 0.2) is 0 Å². The first-order valence-electron chi connectivity index (χ1n) is 7.61. The van der Waals surface area contributed by atoms with Crippen LogP contribution in [0.15, 0.2) is 53.7 Å². The molecule has 0 aliphatic carbocycles. The van der Waals surface area contributed by atoms with Crippen molar-refractivity contribution in [2.75, 3.05) is 19.6 Å². The number of nitrogens with one attached hydrogen (secondary N) is 1. The Bertz CT molecular complexity index is 688. The lowest BCUT2D eigenvalue weighted by molar-refractivity contribution is 0.0634. The van der Waals surface area contributed by atoms with Gasteiger partial charge in [-0.25, -0.2) is 0 Å². The zero-order valence-electron chi connectivity index (χ0n) is 13.3. The van der Waals surface area contributed by atoms with Gasteiger partial charge in [-0.3, -0.25) is 9.78 Å². The molecule has 1 aromatic heterocycles. The summed E-state index contributed by atoms with van der Waals surface area (Å²) < 4.78 is 24.8. The number of carbonyl (C=O) groups excluding carboxylic acids is 1. The Morgan fingerprint density at radius 2 is 2.04 bits per heavy atom. The minimum absolute atomic E-state index is 0. The van der Waals surface area contributed by atoms with Crippen molar-refractivity contribution in [1.29, 1.82) is 0 Å². The van der Waals surface area contributed by atoms with Gasteiger partial charge in [-0.2, -0.15) is 8.78 Å². The highest BCUT2D eigenvalue weighted by atomic mass is 35.5. The van der Waals surface area contributed by atoms with E-state index in [1.165, 1.54) is 0 Å². The number of hydrogen-bond acceptors (Lipinski definition) is 4. The lowest BCUT2D eigenvalue weighted by Crippen LogP contribution is -2.48. The van der Waals surface area contributed by atoms with Crippen LogP contribution in [-0.2, 0) is 0 Å². The number of alkyl halides is 2. The second-order valence-corrected chi connectivity index (χ2v) is 6.47. The fraction of sp³-hybridized carbons (Fsp3) is 0.294. The molecule has 0 saturated carbocycles. The van der Waals surface area contributed by atoms with Gasteiger partial charge in [-0.15, -0.1) is 12.4 Å². The molecule has 1 amide bonds. The Morgan fingerprint density at radius 3 is 2.68 bits per heavy atom. The van der Waals surface area contributed by atoms with E-state index in [4.69, 9.17) is 0 Å². The zero-order chi connectivity index (χ0) is 16.9. The van der Waals surface area contributed by atoms with Crippen molar-refractivity contribution in [2.45, 2.75) is 16.7 Å². The van der Waals surface area contributed by atoms with Crippen LogP contribution in [0.3, 0.4) is 0 Å². The fourth-order valence-electron chi connectivity index (χ4n) is 2.76. The highest BCUT2D eigenvalue weighted by Gasteiger charge is 2.28. The maximum absolute atomic E-state index is 12.8. The van der Waals surface area contributed by atoms with E-state index in [2.05, 4.69) is 10.3 Å². The number of amides is 1. The van der Waals surface area contributed by atoms with Gasteiger partial charge in [0.25, 0.3) is 11.7 Å². The molecule has 0 bridgehead atoms. The van der Waals surface area contributed by atoms with Gasteiger partial charge < -0.3 is 10.2 Å². The first-order chi connectivity index (χ1) is 11.6. The molecule has 2 aromatic rings. The van der Waals surface area contributed by atoms with Crippen LogP contribution >= 0.6 is 24.2 Å². The summed E-state index contributed by atoms with van der Waals surface area (Å²) in [6.07, 6.45) is 3.46. The average Bonchev–Trinajstić information content (AvgIpc) is 2.62. The van der Waals surface area contributed by atoms with E-state index in [0.717, 1.165) is 12.1 Å². The first-order valence-corrected chi connectivity index (χ1v) is 8.49. The molecule has 0 spiro atoms. The highest BCUT2D eigenvalue weighted by Crippen LogP contribution is 2.27. The molecule has 0 radical (unpaired) electrons. The Hall–Kier alpha value is -1.70. The number of benzene rings is 1. The van der Waals surface area contributed by atoms with Crippen LogP contribution in [0.5, 0.6) is 0 Å². The topological polar surface area (TPSA) is 45.2 Å². The van der Waals surface area contributed by atoms with E-state index in [9.17, 15) is 13.6 Å². The van der Waals surface area contributed by atoms with E-state index in [-0.39, 0.29) is 24.4 Å². The lowest BCUT2D eigenvalue weighted by Gasteiger charge is -2.36. The number of piperazine rings is 1. The number of halogens is 3. The van der Waals surface area contributed by atoms with E-state index in [1.807, 2.05) is 17.0 Å². The van der Waals surface area contributed by atoms with Crippen molar-refractivity contribution in [1.82, 2.24) is 15.2 Å². The maximum Gasteiger partial charge on any atom is 0.288 e. The van der Waals surface area contributed by atoms with Gasteiger partial charge in [0.05, 0.1) is 6.04 Å². The number of thioether (sulfide) groups is 1. The summed E-state index contributed by atoms with van der Waals surface area (Å²) in [6.45, 7) is 1.98. The lowest BCUT2D eigenvalue weighted by atomic mass is 10.0. The normalized spacial score (nSPS) is 17.2. The third-order valence-electron chi connectivity index (χ3n) is 3.90. The number of rotatable bonds is 4. The Labute approximate surface area is 155 Å². The third-order valence-corrected chi connectivity index (χ3v) is 4.62. The molecule has 25 heavy (non-hydrogen) atoms. The summed E-state index contributed by atoms with van der Waals surface area (Å²) in [7, 11) is 0. The van der Waals surface area contributed by atoms with Gasteiger partial charge in [0.1, 0.15) is 0 Å². The number of hydrogen-bond donors (Lipinski definition) is 1. The van der Waals surface area contributed by atoms with Crippen LogP contribution in [0.2, 0.25) is 0 Å². The molecule has 1 aliphatic heterocycles. The molecular formula is C17H18ClF2N3OS. The van der Waals surface area contributed by atoms with E-state index < -0.39 is 5.76 Å². The molecule has 1 N–H and O–H groups in total.